The van der Waals surface area contributed by atoms with Gasteiger partial charge in [-0.15, -0.1) is 0 Å². The summed E-state index contributed by atoms with van der Waals surface area (Å²) in [6, 6.07) is 0.542. The van der Waals surface area contributed by atoms with E-state index in [2.05, 4.69) is 43.0 Å². The van der Waals surface area contributed by atoms with Crippen LogP contribution in [0.4, 0.5) is 0 Å². The molecule has 0 saturated heterocycles. The molecule has 0 aliphatic heterocycles. The summed E-state index contributed by atoms with van der Waals surface area (Å²) in [5.41, 5.74) is 0.412. The lowest BCUT2D eigenvalue weighted by Crippen LogP contribution is -2.33. The minimum atomic E-state index is 0.412. The second kappa shape index (κ2) is 6.80. The first-order valence-electron chi connectivity index (χ1n) is 6.73. The highest BCUT2D eigenvalue weighted by Crippen LogP contribution is 2.22. The van der Waals surface area contributed by atoms with E-state index < -0.39 is 0 Å². The van der Waals surface area contributed by atoms with E-state index in [1.165, 1.54) is 19.3 Å². The summed E-state index contributed by atoms with van der Waals surface area (Å²) in [4.78, 5) is 7.50. The van der Waals surface area contributed by atoms with Crippen LogP contribution in [0.3, 0.4) is 0 Å². The first-order chi connectivity index (χ1) is 8.01. The Labute approximate surface area is 105 Å². The van der Waals surface area contributed by atoms with E-state index in [-0.39, 0.29) is 0 Å². The summed E-state index contributed by atoms with van der Waals surface area (Å²) in [5, 5.41) is 3.62. The van der Waals surface area contributed by atoms with Crippen LogP contribution in [0.2, 0.25) is 0 Å². The van der Waals surface area contributed by atoms with Gasteiger partial charge in [0, 0.05) is 24.9 Å². The summed E-state index contributed by atoms with van der Waals surface area (Å²) in [5.74, 6) is 1.09. The maximum Gasteiger partial charge on any atom is 0.107 e. The maximum absolute atomic E-state index is 4.31. The van der Waals surface area contributed by atoms with Gasteiger partial charge in [0.2, 0.25) is 0 Å². The zero-order valence-corrected chi connectivity index (χ0v) is 11.7. The molecule has 1 heterocycles. The Morgan fingerprint density at radius 2 is 2.18 bits per heavy atom. The fourth-order valence-corrected chi connectivity index (χ4v) is 1.87. The summed E-state index contributed by atoms with van der Waals surface area (Å²) in [6.07, 6.45) is 8.37. The van der Waals surface area contributed by atoms with Gasteiger partial charge >= 0.3 is 0 Å². The molecule has 3 nitrogen and oxygen atoms in total. The van der Waals surface area contributed by atoms with Crippen molar-refractivity contribution < 1.29 is 0 Å². The molecule has 1 unspecified atom stereocenters. The average Bonchev–Trinajstić information content (AvgIpc) is 2.73. The Balaban J connectivity index is 2.42. The highest BCUT2D eigenvalue weighted by atomic mass is 14.9. The second-order valence-electron chi connectivity index (χ2n) is 5.99. The lowest BCUT2D eigenvalue weighted by molar-refractivity contribution is 0.327. The topological polar surface area (TPSA) is 40.7 Å². The number of rotatable bonds is 7. The van der Waals surface area contributed by atoms with Gasteiger partial charge in [0.1, 0.15) is 5.82 Å². The van der Waals surface area contributed by atoms with Gasteiger partial charge in [0.25, 0.3) is 0 Å². The molecule has 0 aromatic carbocycles. The molecule has 0 radical (unpaired) electrons. The molecular formula is C14H27N3. The predicted octanol–water partition coefficient (Wildman–Crippen LogP) is 3.15. The van der Waals surface area contributed by atoms with E-state index in [9.17, 15) is 0 Å². The summed E-state index contributed by atoms with van der Waals surface area (Å²) in [7, 11) is 0. The highest BCUT2D eigenvalue weighted by molar-refractivity contribution is 4.91. The van der Waals surface area contributed by atoms with Crippen LogP contribution >= 0.6 is 0 Å². The van der Waals surface area contributed by atoms with E-state index in [1.807, 2.05) is 12.4 Å². The largest absolute Gasteiger partial charge is 0.349 e. The van der Waals surface area contributed by atoms with Gasteiger partial charge in [-0.3, -0.25) is 0 Å². The lowest BCUT2D eigenvalue weighted by atomic mass is 9.88. The predicted molar refractivity (Wildman–Crippen MR) is 73.1 cm³/mol. The zero-order valence-electron chi connectivity index (χ0n) is 11.7. The molecule has 1 aromatic heterocycles. The van der Waals surface area contributed by atoms with Crippen molar-refractivity contribution in [2.45, 2.75) is 59.4 Å². The van der Waals surface area contributed by atoms with Crippen molar-refractivity contribution >= 4 is 0 Å². The molecule has 0 aliphatic rings. The van der Waals surface area contributed by atoms with Crippen LogP contribution in [0, 0.1) is 5.41 Å². The number of hydrogen-bond donors (Lipinski definition) is 2. The molecule has 1 aromatic rings. The minimum Gasteiger partial charge on any atom is -0.349 e. The summed E-state index contributed by atoms with van der Waals surface area (Å²) in [6.45, 7) is 10.2. The number of aromatic amines is 1. The van der Waals surface area contributed by atoms with Crippen molar-refractivity contribution in [1.82, 2.24) is 15.3 Å². The van der Waals surface area contributed by atoms with Crippen LogP contribution in [0.1, 0.15) is 52.8 Å². The van der Waals surface area contributed by atoms with Crippen LogP contribution in [0.15, 0.2) is 12.4 Å². The summed E-state index contributed by atoms with van der Waals surface area (Å²) >= 11 is 0. The fourth-order valence-electron chi connectivity index (χ4n) is 1.87. The number of hydrogen-bond acceptors (Lipinski definition) is 2. The molecular weight excluding hydrogens is 210 g/mol. The van der Waals surface area contributed by atoms with E-state index in [0.29, 0.717) is 11.5 Å². The highest BCUT2D eigenvalue weighted by Gasteiger charge is 2.16. The quantitative estimate of drug-likeness (QED) is 0.765. The first-order valence-corrected chi connectivity index (χ1v) is 6.73. The molecule has 17 heavy (non-hydrogen) atoms. The molecule has 1 atom stereocenters. The van der Waals surface area contributed by atoms with E-state index in [4.69, 9.17) is 0 Å². The molecule has 0 amide bonds. The van der Waals surface area contributed by atoms with Crippen LogP contribution in [-0.2, 0) is 6.42 Å². The van der Waals surface area contributed by atoms with E-state index in [0.717, 1.165) is 18.8 Å². The van der Waals surface area contributed by atoms with Gasteiger partial charge in [-0.05, 0) is 31.2 Å². The Kier molecular flexibility index (Phi) is 5.69. The van der Waals surface area contributed by atoms with Gasteiger partial charge in [0.05, 0.1) is 0 Å². The van der Waals surface area contributed by atoms with Crippen LogP contribution in [-0.4, -0.2) is 22.6 Å². The number of imidazole rings is 1. The molecule has 0 aliphatic carbocycles. The minimum absolute atomic E-state index is 0.412. The summed E-state index contributed by atoms with van der Waals surface area (Å²) < 4.78 is 0. The SMILES string of the molecule is CCCNC(CCC(C)(C)C)Cc1ncc[nH]1. The van der Waals surface area contributed by atoms with Crippen molar-refractivity contribution in [2.75, 3.05) is 6.54 Å². The van der Waals surface area contributed by atoms with Gasteiger partial charge in [-0.25, -0.2) is 4.98 Å². The van der Waals surface area contributed by atoms with Crippen molar-refractivity contribution in [2.24, 2.45) is 5.41 Å². The lowest BCUT2D eigenvalue weighted by Gasteiger charge is -2.23. The first kappa shape index (κ1) is 14.2. The fraction of sp³-hybridized carbons (Fsp3) is 0.786. The molecule has 0 fully saturated rings. The standard InChI is InChI=1S/C14H27N3/c1-5-8-15-12(6-7-14(2,3)4)11-13-16-9-10-17-13/h9-10,12,15H,5-8,11H2,1-4H3,(H,16,17). The van der Waals surface area contributed by atoms with E-state index in [1.54, 1.807) is 0 Å². The van der Waals surface area contributed by atoms with Crippen molar-refractivity contribution in [3.8, 4) is 0 Å². The Morgan fingerprint density at radius 3 is 2.71 bits per heavy atom. The van der Waals surface area contributed by atoms with Gasteiger partial charge in [-0.1, -0.05) is 27.7 Å². The Hall–Kier alpha value is -0.830. The average molecular weight is 237 g/mol. The molecule has 0 saturated carbocycles. The number of nitrogens with one attached hydrogen (secondary N) is 2. The zero-order chi connectivity index (χ0) is 12.7. The molecule has 98 valence electrons. The van der Waals surface area contributed by atoms with Crippen molar-refractivity contribution in [1.29, 1.82) is 0 Å². The van der Waals surface area contributed by atoms with Gasteiger partial charge in [-0.2, -0.15) is 0 Å². The van der Waals surface area contributed by atoms with Crippen molar-refractivity contribution in [3.63, 3.8) is 0 Å². The molecule has 3 heteroatoms. The monoisotopic (exact) mass is 237 g/mol. The number of nitrogens with zero attached hydrogens (tertiary/aromatic N) is 1. The van der Waals surface area contributed by atoms with Gasteiger partial charge < -0.3 is 10.3 Å². The number of aromatic nitrogens is 2. The normalized spacial score (nSPS) is 13.9. The van der Waals surface area contributed by atoms with Crippen LogP contribution in [0.5, 0.6) is 0 Å². The van der Waals surface area contributed by atoms with Crippen molar-refractivity contribution in [3.05, 3.63) is 18.2 Å². The second-order valence-corrected chi connectivity index (χ2v) is 5.99. The van der Waals surface area contributed by atoms with Crippen LogP contribution < -0.4 is 5.32 Å². The Bertz CT molecular complexity index is 285. The van der Waals surface area contributed by atoms with Crippen LogP contribution in [0.25, 0.3) is 0 Å². The molecule has 1 rings (SSSR count). The number of H-pyrrole nitrogens is 1. The van der Waals surface area contributed by atoms with E-state index >= 15 is 0 Å². The third kappa shape index (κ3) is 6.47. The third-order valence-electron chi connectivity index (χ3n) is 2.92. The molecule has 0 spiro atoms. The maximum atomic E-state index is 4.31. The smallest absolute Gasteiger partial charge is 0.107 e. The van der Waals surface area contributed by atoms with Gasteiger partial charge in [0.15, 0.2) is 0 Å². The Morgan fingerprint density at radius 1 is 1.41 bits per heavy atom. The molecule has 2 N–H and O–H groups in total. The molecule has 0 bridgehead atoms. The third-order valence-corrected chi connectivity index (χ3v) is 2.92.